The number of hydrogen-bond acceptors (Lipinski definition) is 6. The molecule has 0 fully saturated rings. The van der Waals surface area contributed by atoms with E-state index in [-0.39, 0.29) is 12.3 Å². The Kier molecular flexibility index (Phi) is 5.28. The van der Waals surface area contributed by atoms with Gasteiger partial charge in [0.1, 0.15) is 5.01 Å². The fraction of sp³-hybridized carbons (Fsp3) is 0.111. The minimum atomic E-state index is -0.150. The van der Waals surface area contributed by atoms with E-state index in [0.717, 1.165) is 25.5 Å². The average Bonchev–Trinajstić information content (AvgIpc) is 3.38. The monoisotopic (exact) mass is 415 g/mol. The Morgan fingerprint density at radius 1 is 1.26 bits per heavy atom. The third kappa shape index (κ3) is 4.60. The molecule has 0 aromatic carbocycles. The molecule has 1 N–H and O–H groups in total. The van der Waals surface area contributed by atoms with Gasteiger partial charge in [-0.15, -0.1) is 22.7 Å². The molecule has 27 heavy (non-hydrogen) atoms. The number of anilines is 1. The molecule has 0 aliphatic heterocycles. The summed E-state index contributed by atoms with van der Waals surface area (Å²) in [5, 5.41) is 9.94. The second-order valence-corrected chi connectivity index (χ2v) is 8.31. The fourth-order valence-corrected chi connectivity index (χ4v) is 4.41. The van der Waals surface area contributed by atoms with Crippen molar-refractivity contribution in [2.45, 2.75) is 13.0 Å². The summed E-state index contributed by atoms with van der Waals surface area (Å²) in [4.78, 5) is 21.9. The zero-order valence-electron chi connectivity index (χ0n) is 14.0. The van der Waals surface area contributed by atoms with Crippen molar-refractivity contribution in [3.8, 4) is 9.88 Å². The lowest BCUT2D eigenvalue weighted by Crippen LogP contribution is -2.15. The fourth-order valence-electron chi connectivity index (χ4n) is 2.48. The molecule has 0 radical (unpaired) electrons. The van der Waals surface area contributed by atoms with Crippen LogP contribution >= 0.6 is 34.3 Å². The first-order valence-electron chi connectivity index (χ1n) is 8.08. The van der Waals surface area contributed by atoms with E-state index in [4.69, 9.17) is 11.6 Å². The number of halogens is 1. The highest BCUT2D eigenvalue weighted by atomic mass is 35.5. The molecular formula is C18H14ClN5OS2. The van der Waals surface area contributed by atoms with Crippen LogP contribution < -0.4 is 5.32 Å². The Hall–Kier alpha value is -2.55. The number of nitrogens with zero attached hydrogens (tertiary/aromatic N) is 4. The molecule has 0 saturated carbocycles. The van der Waals surface area contributed by atoms with Crippen molar-refractivity contribution in [3.05, 3.63) is 69.9 Å². The quantitative estimate of drug-likeness (QED) is 0.508. The maximum Gasteiger partial charge on any atom is 0.231 e. The smallest absolute Gasteiger partial charge is 0.231 e. The van der Waals surface area contributed by atoms with Crippen molar-refractivity contribution in [2.75, 3.05) is 5.32 Å². The lowest BCUT2D eigenvalue weighted by molar-refractivity contribution is -0.115. The van der Waals surface area contributed by atoms with Gasteiger partial charge in [0.2, 0.25) is 5.91 Å². The number of carbonyl (C=O) groups excluding carboxylic acids is 1. The lowest BCUT2D eigenvalue weighted by Gasteiger charge is -2.02. The van der Waals surface area contributed by atoms with Crippen LogP contribution in [0.2, 0.25) is 4.34 Å². The molecule has 0 aliphatic rings. The number of carbonyl (C=O) groups is 1. The Bertz CT molecular complexity index is 1060. The third-order valence-corrected chi connectivity index (χ3v) is 5.94. The second kappa shape index (κ2) is 7.99. The Labute approximate surface area is 168 Å². The van der Waals surface area contributed by atoms with Crippen molar-refractivity contribution < 1.29 is 4.79 Å². The van der Waals surface area contributed by atoms with Crippen LogP contribution in [0.15, 0.2) is 54.3 Å². The Balaban J connectivity index is 1.35. The van der Waals surface area contributed by atoms with Crippen LogP contribution in [0.3, 0.4) is 0 Å². The summed E-state index contributed by atoms with van der Waals surface area (Å²) in [6.45, 7) is 0.600. The van der Waals surface area contributed by atoms with Crippen molar-refractivity contribution in [1.29, 1.82) is 0 Å². The molecule has 4 aromatic rings. The Morgan fingerprint density at radius 3 is 2.96 bits per heavy atom. The van der Waals surface area contributed by atoms with Gasteiger partial charge in [-0.1, -0.05) is 17.7 Å². The van der Waals surface area contributed by atoms with Gasteiger partial charge in [0, 0.05) is 30.0 Å². The van der Waals surface area contributed by atoms with Gasteiger partial charge < -0.3 is 5.32 Å². The van der Waals surface area contributed by atoms with Crippen molar-refractivity contribution in [2.24, 2.45) is 0 Å². The number of pyridine rings is 1. The molecule has 1 amide bonds. The van der Waals surface area contributed by atoms with Crippen LogP contribution in [-0.2, 0) is 17.8 Å². The minimum absolute atomic E-state index is 0.150. The van der Waals surface area contributed by atoms with E-state index in [1.807, 2.05) is 35.8 Å². The highest BCUT2D eigenvalue weighted by molar-refractivity contribution is 7.23. The zero-order chi connectivity index (χ0) is 18.6. The predicted octanol–water partition coefficient (Wildman–Crippen LogP) is 4.35. The molecule has 0 bridgehead atoms. The number of amides is 1. The summed E-state index contributed by atoms with van der Waals surface area (Å²) in [7, 11) is 0. The van der Waals surface area contributed by atoms with Crippen LogP contribution in [-0.4, -0.2) is 25.7 Å². The highest BCUT2D eigenvalue weighted by Gasteiger charge is 2.12. The molecule has 0 unspecified atom stereocenters. The number of aromatic nitrogens is 4. The van der Waals surface area contributed by atoms with Gasteiger partial charge in [-0.05, 0) is 23.8 Å². The number of thiazole rings is 1. The first-order valence-corrected chi connectivity index (χ1v) is 10.2. The molecule has 136 valence electrons. The standard InChI is InChI=1S/C18H14ClN5OS2/c19-15-4-3-14(27-15)18-21-13(11-26-18)8-17(25)22-16-5-7-24(23-16)10-12-2-1-6-20-9-12/h1-7,9,11H,8,10H2,(H,22,23,25). The van der Waals surface area contributed by atoms with E-state index >= 15 is 0 Å². The molecule has 0 atom stereocenters. The van der Waals surface area contributed by atoms with Gasteiger partial charge >= 0.3 is 0 Å². The maximum absolute atomic E-state index is 12.3. The third-order valence-electron chi connectivity index (χ3n) is 3.65. The molecule has 4 rings (SSSR count). The van der Waals surface area contributed by atoms with Gasteiger partial charge in [-0.25, -0.2) is 4.98 Å². The SMILES string of the molecule is O=C(Cc1csc(-c2ccc(Cl)s2)n1)Nc1ccn(Cc2cccnc2)n1. The maximum atomic E-state index is 12.3. The van der Waals surface area contributed by atoms with Gasteiger partial charge in [0.05, 0.1) is 27.9 Å². The van der Waals surface area contributed by atoms with Crippen LogP contribution in [0.25, 0.3) is 9.88 Å². The first-order chi connectivity index (χ1) is 13.2. The normalized spacial score (nSPS) is 10.9. The van der Waals surface area contributed by atoms with Crippen LogP contribution in [0.5, 0.6) is 0 Å². The number of nitrogens with one attached hydrogen (secondary N) is 1. The molecule has 0 spiro atoms. The number of rotatable bonds is 6. The average molecular weight is 416 g/mol. The molecule has 4 heterocycles. The molecule has 9 heteroatoms. The molecular weight excluding hydrogens is 402 g/mol. The zero-order valence-corrected chi connectivity index (χ0v) is 16.4. The molecule has 0 saturated heterocycles. The van der Waals surface area contributed by atoms with E-state index in [0.29, 0.717) is 12.4 Å². The Morgan fingerprint density at radius 2 is 2.19 bits per heavy atom. The van der Waals surface area contributed by atoms with E-state index in [1.54, 1.807) is 23.1 Å². The van der Waals surface area contributed by atoms with Crippen LogP contribution in [0.4, 0.5) is 5.82 Å². The van der Waals surface area contributed by atoms with Crippen molar-refractivity contribution in [3.63, 3.8) is 0 Å². The van der Waals surface area contributed by atoms with Crippen molar-refractivity contribution >= 4 is 46.0 Å². The van der Waals surface area contributed by atoms with Crippen LogP contribution in [0, 0.1) is 0 Å². The van der Waals surface area contributed by atoms with E-state index in [2.05, 4.69) is 20.4 Å². The predicted molar refractivity (Wildman–Crippen MR) is 108 cm³/mol. The van der Waals surface area contributed by atoms with E-state index in [1.165, 1.54) is 22.7 Å². The molecule has 6 nitrogen and oxygen atoms in total. The molecule has 0 aliphatic carbocycles. The highest BCUT2D eigenvalue weighted by Crippen LogP contribution is 2.33. The summed E-state index contributed by atoms with van der Waals surface area (Å²) >= 11 is 8.94. The van der Waals surface area contributed by atoms with Gasteiger partial charge in [0.25, 0.3) is 0 Å². The van der Waals surface area contributed by atoms with Crippen LogP contribution in [0.1, 0.15) is 11.3 Å². The largest absolute Gasteiger partial charge is 0.309 e. The summed E-state index contributed by atoms with van der Waals surface area (Å²) in [6.07, 6.45) is 5.55. The summed E-state index contributed by atoms with van der Waals surface area (Å²) < 4.78 is 2.48. The first kappa shape index (κ1) is 17.8. The number of thiophene rings is 1. The van der Waals surface area contributed by atoms with Gasteiger partial charge in [-0.3, -0.25) is 14.5 Å². The van der Waals surface area contributed by atoms with Crippen molar-refractivity contribution in [1.82, 2.24) is 19.7 Å². The summed E-state index contributed by atoms with van der Waals surface area (Å²) in [5.41, 5.74) is 1.77. The minimum Gasteiger partial charge on any atom is -0.309 e. The summed E-state index contributed by atoms with van der Waals surface area (Å²) in [6, 6.07) is 9.41. The van der Waals surface area contributed by atoms with Gasteiger partial charge in [-0.2, -0.15) is 5.10 Å². The van der Waals surface area contributed by atoms with E-state index < -0.39 is 0 Å². The second-order valence-electron chi connectivity index (χ2n) is 5.73. The summed E-state index contributed by atoms with van der Waals surface area (Å²) in [5.74, 6) is 0.368. The van der Waals surface area contributed by atoms with E-state index in [9.17, 15) is 4.79 Å². The van der Waals surface area contributed by atoms with Gasteiger partial charge in [0.15, 0.2) is 5.82 Å². The lowest BCUT2D eigenvalue weighted by atomic mass is 10.3. The molecule has 4 aromatic heterocycles. The topological polar surface area (TPSA) is 72.7 Å². The number of hydrogen-bond donors (Lipinski definition) is 1.